The van der Waals surface area contributed by atoms with Crippen molar-refractivity contribution in [2.24, 2.45) is 10.9 Å². The van der Waals surface area contributed by atoms with Gasteiger partial charge in [0.25, 0.3) is 5.91 Å². The number of thiophene rings is 1. The number of furan rings is 1. The van der Waals surface area contributed by atoms with Crippen LogP contribution in [0, 0.1) is 5.92 Å². The minimum absolute atomic E-state index is 0.0333. The van der Waals surface area contributed by atoms with Crippen LogP contribution in [-0.4, -0.2) is 38.0 Å². The monoisotopic (exact) mass is 563 g/mol. The van der Waals surface area contributed by atoms with Gasteiger partial charge in [-0.3, -0.25) is 9.59 Å². The summed E-state index contributed by atoms with van der Waals surface area (Å²) in [5, 5.41) is 1.91. The van der Waals surface area contributed by atoms with Gasteiger partial charge in [-0.15, -0.1) is 11.3 Å². The fourth-order valence-electron chi connectivity index (χ4n) is 4.34. The summed E-state index contributed by atoms with van der Waals surface area (Å²) in [5.74, 6) is -0.408. The molecule has 2 atom stereocenters. The minimum Gasteiger partial charge on any atom is -0.496 e. The molecule has 2 aromatic heterocycles. The predicted octanol–water partition coefficient (Wildman–Crippen LogP) is 4.15. The molecule has 1 aliphatic heterocycles. The largest absolute Gasteiger partial charge is 0.496 e. The molecule has 2 aliphatic rings. The number of para-hydroxylation sites is 1. The Labute approximate surface area is 229 Å². The van der Waals surface area contributed by atoms with Gasteiger partial charge in [-0.25, -0.2) is 13.4 Å². The standard InChI is InChI=1S/C28H25N3O6S2/c1-36-25-9-3-2-8-23(25)27(28(33)31(17-20-6-4-14-37-20)18-21-7-5-15-38-21)30-39(34,35)22-11-12-24-19(16-22)10-13-26(32)29-24/h2-16,19,27,30H,17-18H2,1H3. The number of rotatable bonds is 10. The van der Waals surface area contributed by atoms with Crippen LogP contribution in [-0.2, 0) is 32.7 Å². The highest BCUT2D eigenvalue weighted by Crippen LogP contribution is 2.31. The van der Waals surface area contributed by atoms with Crippen molar-refractivity contribution in [2.45, 2.75) is 19.1 Å². The number of hydrogen-bond acceptors (Lipinski definition) is 7. The van der Waals surface area contributed by atoms with Gasteiger partial charge in [0.2, 0.25) is 15.9 Å². The molecule has 0 radical (unpaired) electrons. The lowest BCUT2D eigenvalue weighted by Crippen LogP contribution is -2.43. The van der Waals surface area contributed by atoms with E-state index in [-0.39, 0.29) is 18.0 Å². The topological polar surface area (TPSA) is 118 Å². The van der Waals surface area contributed by atoms with Gasteiger partial charge in [-0.1, -0.05) is 36.4 Å². The highest BCUT2D eigenvalue weighted by atomic mass is 32.2. The summed E-state index contributed by atoms with van der Waals surface area (Å²) >= 11 is 1.50. The summed E-state index contributed by atoms with van der Waals surface area (Å²) in [6.45, 7) is 0.397. The number of ether oxygens (including phenoxy) is 1. The zero-order chi connectivity index (χ0) is 27.4. The third-order valence-corrected chi connectivity index (χ3v) is 8.53. The number of benzene rings is 1. The second-order valence-electron chi connectivity index (χ2n) is 8.81. The Morgan fingerprint density at radius 2 is 1.97 bits per heavy atom. The number of aliphatic imine (C=N–C) groups is 1. The number of methoxy groups -OCH3 is 1. The summed E-state index contributed by atoms with van der Waals surface area (Å²) in [5.41, 5.74) is 0.828. The lowest BCUT2D eigenvalue weighted by Gasteiger charge is -2.28. The van der Waals surface area contributed by atoms with Crippen molar-refractivity contribution in [3.63, 3.8) is 0 Å². The molecular weight excluding hydrogens is 538 g/mol. The first kappa shape index (κ1) is 26.5. The summed E-state index contributed by atoms with van der Waals surface area (Å²) in [6, 6.07) is 12.8. The van der Waals surface area contributed by atoms with E-state index in [1.54, 1.807) is 47.4 Å². The first-order valence-corrected chi connectivity index (χ1v) is 14.4. The fourth-order valence-corrected chi connectivity index (χ4v) is 6.31. The zero-order valence-electron chi connectivity index (χ0n) is 20.9. The smallest absolute Gasteiger partial charge is 0.269 e. The Morgan fingerprint density at radius 3 is 2.72 bits per heavy atom. The van der Waals surface area contributed by atoms with Gasteiger partial charge < -0.3 is 14.1 Å². The first-order valence-electron chi connectivity index (χ1n) is 12.0. The van der Waals surface area contributed by atoms with Gasteiger partial charge in [0, 0.05) is 22.4 Å². The van der Waals surface area contributed by atoms with E-state index in [1.165, 1.54) is 49.0 Å². The normalized spacial score (nSPS) is 17.3. The van der Waals surface area contributed by atoms with Gasteiger partial charge in [0.1, 0.15) is 17.6 Å². The van der Waals surface area contributed by atoms with Crippen molar-refractivity contribution in [3.05, 3.63) is 112 Å². The van der Waals surface area contributed by atoms with E-state index in [2.05, 4.69) is 9.71 Å². The van der Waals surface area contributed by atoms with Crippen molar-refractivity contribution in [3.8, 4) is 5.75 Å². The maximum Gasteiger partial charge on any atom is 0.269 e. The van der Waals surface area contributed by atoms with E-state index < -0.39 is 33.8 Å². The number of fused-ring (bicyclic) bond motifs is 1. The van der Waals surface area contributed by atoms with E-state index >= 15 is 0 Å². The molecule has 200 valence electrons. The number of nitrogens with one attached hydrogen (secondary N) is 1. The molecule has 2 amide bonds. The van der Waals surface area contributed by atoms with E-state index in [9.17, 15) is 18.0 Å². The van der Waals surface area contributed by atoms with Crippen molar-refractivity contribution < 1.29 is 27.2 Å². The van der Waals surface area contributed by atoms with E-state index in [0.29, 0.717) is 22.8 Å². The highest BCUT2D eigenvalue weighted by molar-refractivity contribution is 7.93. The van der Waals surface area contributed by atoms with Gasteiger partial charge in [-0.05, 0) is 41.8 Å². The maximum atomic E-state index is 14.2. The van der Waals surface area contributed by atoms with Crippen molar-refractivity contribution in [1.29, 1.82) is 0 Å². The molecule has 9 nitrogen and oxygen atoms in total. The first-order chi connectivity index (χ1) is 18.8. The average molecular weight is 564 g/mol. The number of carbonyl (C=O) groups excluding carboxylic acids is 2. The Balaban J connectivity index is 1.51. The van der Waals surface area contributed by atoms with Crippen molar-refractivity contribution >= 4 is 38.9 Å². The molecule has 5 rings (SSSR count). The van der Waals surface area contributed by atoms with Crippen molar-refractivity contribution in [2.75, 3.05) is 7.11 Å². The Kier molecular flexibility index (Phi) is 7.73. The molecule has 39 heavy (non-hydrogen) atoms. The fraction of sp³-hybridized carbons (Fsp3) is 0.179. The van der Waals surface area contributed by atoms with E-state index in [4.69, 9.17) is 9.15 Å². The second-order valence-corrected chi connectivity index (χ2v) is 11.6. The number of nitrogens with zero attached hydrogens (tertiary/aromatic N) is 2. The molecule has 2 unspecified atom stereocenters. The van der Waals surface area contributed by atoms with Crippen LogP contribution >= 0.6 is 11.3 Å². The summed E-state index contributed by atoms with van der Waals surface area (Å²) in [4.78, 5) is 32.2. The molecule has 11 heteroatoms. The Morgan fingerprint density at radius 1 is 1.13 bits per heavy atom. The van der Waals surface area contributed by atoms with Gasteiger partial charge in [-0.2, -0.15) is 4.72 Å². The quantitative estimate of drug-likeness (QED) is 0.396. The third kappa shape index (κ3) is 6.00. The number of sulfonamides is 1. The molecule has 1 N–H and O–H groups in total. The molecule has 1 aromatic carbocycles. The molecular formula is C28H25N3O6S2. The summed E-state index contributed by atoms with van der Waals surface area (Å²) in [7, 11) is -2.73. The van der Waals surface area contributed by atoms with Gasteiger partial charge in [0.05, 0.1) is 37.1 Å². The van der Waals surface area contributed by atoms with Crippen LogP contribution in [0.1, 0.15) is 22.2 Å². The van der Waals surface area contributed by atoms with Crippen LogP contribution in [0.5, 0.6) is 5.75 Å². The maximum absolute atomic E-state index is 14.2. The minimum atomic E-state index is -4.20. The summed E-state index contributed by atoms with van der Waals surface area (Å²) in [6.07, 6.45) is 8.80. The lowest BCUT2D eigenvalue weighted by atomic mass is 9.96. The molecule has 1 aliphatic carbocycles. The Bertz CT molecular complexity index is 1550. The molecule has 0 saturated carbocycles. The van der Waals surface area contributed by atoms with Gasteiger partial charge in [0.15, 0.2) is 0 Å². The Hall–Kier alpha value is -4.06. The number of amides is 2. The van der Waals surface area contributed by atoms with Gasteiger partial charge >= 0.3 is 0 Å². The molecule has 0 bridgehead atoms. The van der Waals surface area contributed by atoms with Crippen molar-refractivity contribution in [1.82, 2.24) is 9.62 Å². The summed E-state index contributed by atoms with van der Waals surface area (Å²) < 4.78 is 41.0. The van der Waals surface area contributed by atoms with Crippen LogP contribution in [0.4, 0.5) is 0 Å². The number of carbonyl (C=O) groups is 2. The second kappa shape index (κ2) is 11.4. The number of dihydropyridines is 1. The van der Waals surface area contributed by atoms with Crippen LogP contribution in [0.2, 0.25) is 0 Å². The number of hydrogen-bond donors (Lipinski definition) is 1. The lowest BCUT2D eigenvalue weighted by molar-refractivity contribution is -0.134. The highest BCUT2D eigenvalue weighted by Gasteiger charge is 2.34. The molecule has 3 aromatic rings. The molecule has 0 saturated heterocycles. The molecule has 0 spiro atoms. The average Bonchev–Trinajstić information content (AvgIpc) is 3.65. The number of allylic oxidation sites excluding steroid dienone is 4. The van der Waals surface area contributed by atoms with Crippen LogP contribution in [0.25, 0.3) is 0 Å². The predicted molar refractivity (Wildman–Crippen MR) is 147 cm³/mol. The van der Waals surface area contributed by atoms with Crippen LogP contribution < -0.4 is 9.46 Å². The van der Waals surface area contributed by atoms with E-state index in [0.717, 1.165) is 4.88 Å². The molecule has 3 heterocycles. The zero-order valence-corrected chi connectivity index (χ0v) is 22.5. The van der Waals surface area contributed by atoms with Crippen LogP contribution in [0.3, 0.4) is 0 Å². The SMILES string of the molecule is COc1ccccc1C(NS(=O)(=O)C1=CC2C=CC(=O)N=C2C=C1)C(=O)N(Cc1ccco1)Cc1cccs1. The molecule has 0 fully saturated rings. The van der Waals surface area contributed by atoms with Crippen LogP contribution in [0.15, 0.2) is 105 Å². The van der Waals surface area contributed by atoms with E-state index in [1.807, 2.05) is 17.5 Å². The third-order valence-electron chi connectivity index (χ3n) is 6.23.